The van der Waals surface area contributed by atoms with Crippen LogP contribution in [0.15, 0.2) is 30.1 Å². The molecule has 6 heteroatoms. The van der Waals surface area contributed by atoms with Crippen LogP contribution in [-0.4, -0.2) is 36.1 Å². The van der Waals surface area contributed by atoms with Crippen LogP contribution < -0.4 is 0 Å². The summed E-state index contributed by atoms with van der Waals surface area (Å²) in [6, 6.07) is 3.43. The number of hydrogen-bond acceptors (Lipinski definition) is 3. The molecule has 1 aliphatic rings. The number of hydrogen-bond donors (Lipinski definition) is 0. The van der Waals surface area contributed by atoms with E-state index in [1.165, 1.54) is 0 Å². The predicted octanol–water partition coefficient (Wildman–Crippen LogP) is 2.72. The lowest BCUT2D eigenvalue weighted by atomic mass is 10.2. The van der Waals surface area contributed by atoms with Gasteiger partial charge in [0.2, 0.25) is 0 Å². The highest BCUT2D eigenvalue weighted by Crippen LogP contribution is 2.17. The number of aromatic nitrogens is 1. The van der Waals surface area contributed by atoms with E-state index in [1.807, 2.05) is 6.08 Å². The van der Waals surface area contributed by atoms with Gasteiger partial charge in [-0.25, -0.2) is 13.8 Å². The minimum absolute atomic E-state index is 0.308. The largest absolute Gasteiger partial charge is 0.371 e. The summed E-state index contributed by atoms with van der Waals surface area (Å²) in [5.41, 5.74) is 1.64. The zero-order valence-electron chi connectivity index (χ0n) is 9.65. The first-order chi connectivity index (χ1) is 8.65. The molecule has 0 saturated heterocycles. The summed E-state index contributed by atoms with van der Waals surface area (Å²) in [7, 11) is 0. The van der Waals surface area contributed by atoms with E-state index in [0.717, 1.165) is 11.3 Å². The van der Waals surface area contributed by atoms with Crippen LogP contribution in [0.25, 0.3) is 0 Å². The van der Waals surface area contributed by atoms with Crippen molar-refractivity contribution in [3.8, 4) is 0 Å². The van der Waals surface area contributed by atoms with Crippen molar-refractivity contribution in [1.82, 2.24) is 9.88 Å². The van der Waals surface area contributed by atoms with Crippen LogP contribution >= 0.6 is 11.6 Å². The van der Waals surface area contributed by atoms with Gasteiger partial charge >= 0.3 is 0 Å². The van der Waals surface area contributed by atoms with E-state index in [4.69, 9.17) is 16.3 Å². The van der Waals surface area contributed by atoms with Crippen LogP contribution in [0, 0.1) is 0 Å². The fourth-order valence-electron chi connectivity index (χ4n) is 1.77. The Morgan fingerprint density at radius 3 is 2.83 bits per heavy atom. The summed E-state index contributed by atoms with van der Waals surface area (Å²) >= 11 is 5.68. The molecule has 98 valence electrons. The molecular weight excluding hydrogens is 262 g/mol. The average Bonchev–Trinajstić information content (AvgIpc) is 2.84. The highest BCUT2D eigenvalue weighted by molar-refractivity contribution is 6.29. The first-order valence-electron chi connectivity index (χ1n) is 5.55. The molecule has 1 aromatic rings. The Balaban J connectivity index is 2.06. The van der Waals surface area contributed by atoms with Gasteiger partial charge < -0.3 is 9.64 Å². The fraction of sp³-hybridized carbons (Fsp3) is 0.417. The number of alkyl halides is 2. The molecule has 0 spiro atoms. The van der Waals surface area contributed by atoms with Gasteiger partial charge in [-0.2, -0.15) is 0 Å². The molecule has 0 aromatic carbocycles. The second-order valence-electron chi connectivity index (χ2n) is 3.97. The number of nitrogens with zero attached hydrogens (tertiary/aromatic N) is 2. The first kappa shape index (κ1) is 13.2. The molecule has 0 radical (unpaired) electrons. The molecule has 0 saturated carbocycles. The van der Waals surface area contributed by atoms with Crippen LogP contribution in [0.4, 0.5) is 8.78 Å². The lowest BCUT2D eigenvalue weighted by Gasteiger charge is -2.25. The Bertz CT molecular complexity index is 423. The average molecular weight is 275 g/mol. The van der Waals surface area contributed by atoms with Crippen molar-refractivity contribution in [1.29, 1.82) is 0 Å². The molecule has 0 amide bonds. The topological polar surface area (TPSA) is 25.4 Å². The normalized spacial score (nSPS) is 15.0. The minimum Gasteiger partial charge on any atom is -0.371 e. The molecule has 0 unspecified atom stereocenters. The van der Waals surface area contributed by atoms with E-state index < -0.39 is 6.43 Å². The summed E-state index contributed by atoms with van der Waals surface area (Å²) in [6.07, 6.45) is 1.04. The van der Waals surface area contributed by atoms with E-state index in [2.05, 4.69) is 4.98 Å². The van der Waals surface area contributed by atoms with Crippen molar-refractivity contribution in [2.45, 2.75) is 13.0 Å². The van der Waals surface area contributed by atoms with Crippen LogP contribution in [-0.2, 0) is 11.3 Å². The second-order valence-corrected chi connectivity index (χ2v) is 4.36. The molecule has 3 nitrogen and oxygen atoms in total. The molecule has 0 aliphatic carbocycles. The molecule has 0 atom stereocenters. The molecule has 0 bridgehead atoms. The predicted molar refractivity (Wildman–Crippen MR) is 64.6 cm³/mol. The van der Waals surface area contributed by atoms with Gasteiger partial charge in [0.15, 0.2) is 0 Å². The molecule has 18 heavy (non-hydrogen) atoms. The monoisotopic (exact) mass is 274 g/mol. The Morgan fingerprint density at radius 2 is 2.28 bits per heavy atom. The van der Waals surface area contributed by atoms with Crippen LogP contribution in [0.3, 0.4) is 0 Å². The Labute approximate surface area is 109 Å². The van der Waals surface area contributed by atoms with Crippen molar-refractivity contribution in [3.63, 3.8) is 0 Å². The molecule has 0 fully saturated rings. The van der Waals surface area contributed by atoms with Crippen LogP contribution in [0.1, 0.15) is 5.56 Å². The Kier molecular flexibility index (Phi) is 4.49. The molecule has 2 heterocycles. The van der Waals surface area contributed by atoms with E-state index in [1.54, 1.807) is 23.2 Å². The molecule has 1 aliphatic heterocycles. The van der Waals surface area contributed by atoms with Crippen LogP contribution in [0.5, 0.6) is 0 Å². The van der Waals surface area contributed by atoms with Crippen molar-refractivity contribution >= 4 is 11.6 Å². The number of halogens is 3. The van der Waals surface area contributed by atoms with Gasteiger partial charge in [-0.15, -0.1) is 0 Å². The minimum atomic E-state index is -2.38. The lowest BCUT2D eigenvalue weighted by molar-refractivity contribution is 0.0931. The molecule has 1 aromatic heterocycles. The SMILES string of the molecule is FC(F)CN(Cc1ccc(Cl)nc1)C1=CCOC1. The summed E-state index contributed by atoms with van der Waals surface area (Å²) in [4.78, 5) is 5.55. The smallest absolute Gasteiger partial charge is 0.255 e. The fourth-order valence-corrected chi connectivity index (χ4v) is 1.88. The third kappa shape index (κ3) is 3.65. The second kappa shape index (κ2) is 6.11. The van der Waals surface area contributed by atoms with Gasteiger partial charge in [-0.05, 0) is 17.7 Å². The van der Waals surface area contributed by atoms with Gasteiger partial charge in [0.05, 0.1) is 19.8 Å². The number of rotatable bonds is 5. The van der Waals surface area contributed by atoms with E-state index in [9.17, 15) is 8.78 Å². The lowest BCUT2D eigenvalue weighted by Crippen LogP contribution is -2.28. The highest BCUT2D eigenvalue weighted by Gasteiger charge is 2.18. The summed E-state index contributed by atoms with van der Waals surface area (Å²) in [5, 5.41) is 0.391. The van der Waals surface area contributed by atoms with E-state index in [-0.39, 0.29) is 6.54 Å². The summed E-state index contributed by atoms with van der Waals surface area (Å²) < 4.78 is 30.3. The van der Waals surface area contributed by atoms with Gasteiger partial charge in [0.25, 0.3) is 6.43 Å². The van der Waals surface area contributed by atoms with Crippen molar-refractivity contribution < 1.29 is 13.5 Å². The summed E-state index contributed by atoms with van der Waals surface area (Å²) in [6.45, 7) is 0.934. The number of pyridine rings is 1. The van der Waals surface area contributed by atoms with Crippen molar-refractivity contribution in [2.75, 3.05) is 19.8 Å². The quantitative estimate of drug-likeness (QED) is 0.772. The zero-order chi connectivity index (χ0) is 13.0. The third-order valence-electron chi connectivity index (χ3n) is 2.61. The molecule has 2 rings (SSSR count). The highest BCUT2D eigenvalue weighted by atomic mass is 35.5. The standard InChI is InChI=1S/C12H13ClF2N2O/c13-11-2-1-9(5-16-11)6-17(7-12(14)15)10-3-4-18-8-10/h1-3,5,12H,4,6-8H2. The maximum atomic E-state index is 12.6. The van der Waals surface area contributed by atoms with Crippen molar-refractivity contribution in [2.24, 2.45) is 0 Å². The van der Waals surface area contributed by atoms with Gasteiger partial charge in [-0.3, -0.25) is 0 Å². The summed E-state index contributed by atoms with van der Waals surface area (Å²) in [5.74, 6) is 0. The van der Waals surface area contributed by atoms with Gasteiger partial charge in [-0.1, -0.05) is 17.7 Å². The van der Waals surface area contributed by atoms with Gasteiger partial charge in [0.1, 0.15) is 5.15 Å². The first-order valence-corrected chi connectivity index (χ1v) is 5.93. The van der Waals surface area contributed by atoms with Gasteiger partial charge in [0, 0.05) is 18.4 Å². The maximum absolute atomic E-state index is 12.6. The van der Waals surface area contributed by atoms with E-state index in [0.29, 0.717) is 24.9 Å². The molecule has 0 N–H and O–H groups in total. The zero-order valence-corrected chi connectivity index (χ0v) is 10.4. The maximum Gasteiger partial charge on any atom is 0.255 e. The van der Waals surface area contributed by atoms with Crippen LogP contribution in [0.2, 0.25) is 5.15 Å². The number of ether oxygens (including phenoxy) is 1. The Morgan fingerprint density at radius 1 is 1.44 bits per heavy atom. The van der Waals surface area contributed by atoms with E-state index >= 15 is 0 Å². The Hall–Kier alpha value is -1.20. The third-order valence-corrected chi connectivity index (χ3v) is 2.84. The molecular formula is C12H13ClF2N2O. The van der Waals surface area contributed by atoms with Crippen molar-refractivity contribution in [3.05, 3.63) is 40.8 Å².